The first-order valence-electron chi connectivity index (χ1n) is 10.3. The third-order valence-electron chi connectivity index (χ3n) is 5.53. The van der Waals surface area contributed by atoms with E-state index in [0.29, 0.717) is 37.7 Å². The summed E-state index contributed by atoms with van der Waals surface area (Å²) < 4.78 is 0. The summed E-state index contributed by atoms with van der Waals surface area (Å²) in [6.07, 6.45) is 2.34. The van der Waals surface area contributed by atoms with Gasteiger partial charge in [-0.25, -0.2) is 0 Å². The molecule has 0 bridgehead atoms. The Kier molecular flexibility index (Phi) is 6.56. The van der Waals surface area contributed by atoms with Crippen molar-refractivity contribution in [3.05, 3.63) is 35.5 Å². The number of para-hydroxylation sites is 1. The minimum atomic E-state index is -0.0774. The van der Waals surface area contributed by atoms with Crippen molar-refractivity contribution >= 4 is 28.6 Å². The summed E-state index contributed by atoms with van der Waals surface area (Å²) >= 11 is 0. The van der Waals surface area contributed by atoms with Crippen LogP contribution in [0, 0.1) is 5.92 Å². The van der Waals surface area contributed by atoms with Crippen molar-refractivity contribution in [2.45, 2.75) is 46.1 Å². The number of fused-ring (bicyclic) bond motifs is 1. The number of aromatic nitrogens is 1. The molecule has 0 aliphatic carbocycles. The first-order chi connectivity index (χ1) is 13.8. The van der Waals surface area contributed by atoms with Crippen LogP contribution in [0.3, 0.4) is 0 Å². The van der Waals surface area contributed by atoms with Crippen LogP contribution in [-0.2, 0) is 16.0 Å². The van der Waals surface area contributed by atoms with Crippen LogP contribution in [-0.4, -0.2) is 53.3 Å². The van der Waals surface area contributed by atoms with Crippen LogP contribution >= 0.6 is 0 Å². The minimum Gasteiger partial charge on any atom is -0.356 e. The van der Waals surface area contributed by atoms with E-state index in [4.69, 9.17) is 0 Å². The number of benzene rings is 1. The van der Waals surface area contributed by atoms with Crippen LogP contribution in [0.5, 0.6) is 0 Å². The van der Waals surface area contributed by atoms with Crippen molar-refractivity contribution in [3.63, 3.8) is 0 Å². The van der Waals surface area contributed by atoms with Gasteiger partial charge in [-0.15, -0.1) is 0 Å². The molecule has 1 aromatic heterocycles. The second kappa shape index (κ2) is 9.11. The van der Waals surface area contributed by atoms with Crippen molar-refractivity contribution in [2.24, 2.45) is 5.92 Å². The third kappa shape index (κ3) is 5.16. The Morgan fingerprint density at radius 3 is 2.48 bits per heavy atom. The fraction of sp³-hybridized carbons (Fsp3) is 0.500. The van der Waals surface area contributed by atoms with Crippen LogP contribution in [0.4, 0.5) is 0 Å². The molecule has 0 radical (unpaired) electrons. The zero-order valence-electron chi connectivity index (χ0n) is 17.4. The normalized spacial score (nSPS) is 15.9. The summed E-state index contributed by atoms with van der Waals surface area (Å²) in [7, 11) is 0. The Morgan fingerprint density at radius 2 is 1.83 bits per heavy atom. The van der Waals surface area contributed by atoms with Crippen LogP contribution in [0.2, 0.25) is 0 Å². The molecule has 3 amide bonds. The van der Waals surface area contributed by atoms with E-state index in [2.05, 4.69) is 15.6 Å². The molecule has 2 aromatic rings. The molecule has 1 fully saturated rings. The zero-order chi connectivity index (χ0) is 21.0. The van der Waals surface area contributed by atoms with Gasteiger partial charge < -0.3 is 20.5 Å². The van der Waals surface area contributed by atoms with Crippen LogP contribution in [0.25, 0.3) is 10.9 Å². The average Bonchev–Trinajstić information content (AvgIpc) is 3.04. The summed E-state index contributed by atoms with van der Waals surface area (Å²) in [6, 6.07) is 7.82. The van der Waals surface area contributed by atoms with Crippen molar-refractivity contribution in [1.29, 1.82) is 0 Å². The molecule has 1 atom stereocenters. The van der Waals surface area contributed by atoms with E-state index in [1.807, 2.05) is 36.1 Å². The molecule has 0 unspecified atom stereocenters. The van der Waals surface area contributed by atoms with E-state index in [0.717, 1.165) is 29.3 Å². The van der Waals surface area contributed by atoms with E-state index >= 15 is 0 Å². The summed E-state index contributed by atoms with van der Waals surface area (Å²) in [5.41, 5.74) is 2.50. The highest BCUT2D eigenvalue weighted by atomic mass is 16.2. The van der Waals surface area contributed by atoms with Crippen molar-refractivity contribution < 1.29 is 14.4 Å². The molecular weight excluding hydrogens is 368 g/mol. The summed E-state index contributed by atoms with van der Waals surface area (Å²) in [5.74, 6) is 0.320. The maximum Gasteiger partial charge on any atom is 0.270 e. The number of amides is 3. The maximum atomic E-state index is 13.3. The number of carbonyl (C=O) groups is 3. The predicted octanol–water partition coefficient (Wildman–Crippen LogP) is 2.22. The Morgan fingerprint density at radius 1 is 1.14 bits per heavy atom. The van der Waals surface area contributed by atoms with Gasteiger partial charge in [0.05, 0.1) is 0 Å². The lowest BCUT2D eigenvalue weighted by Gasteiger charge is -2.32. The number of H-pyrrole nitrogens is 1. The molecule has 7 nitrogen and oxygen atoms in total. The van der Waals surface area contributed by atoms with Crippen LogP contribution in [0.1, 0.15) is 49.7 Å². The number of hydrogen-bond acceptors (Lipinski definition) is 3. The third-order valence-corrected chi connectivity index (χ3v) is 5.53. The van der Waals surface area contributed by atoms with E-state index in [-0.39, 0.29) is 23.8 Å². The first kappa shape index (κ1) is 20.9. The molecule has 1 saturated heterocycles. The quantitative estimate of drug-likeness (QED) is 0.696. The van der Waals surface area contributed by atoms with E-state index in [1.165, 1.54) is 13.8 Å². The van der Waals surface area contributed by atoms with Gasteiger partial charge in [-0.3, -0.25) is 14.4 Å². The second-order valence-corrected chi connectivity index (χ2v) is 8.00. The molecular formula is C22H30N4O3. The Labute approximate surface area is 171 Å². The van der Waals surface area contributed by atoms with Gasteiger partial charge in [-0.2, -0.15) is 0 Å². The van der Waals surface area contributed by atoms with Gasteiger partial charge in [0.2, 0.25) is 11.8 Å². The topological polar surface area (TPSA) is 94.3 Å². The highest BCUT2D eigenvalue weighted by molar-refractivity contribution is 6.01. The van der Waals surface area contributed by atoms with Crippen LogP contribution in [0.15, 0.2) is 24.3 Å². The molecule has 156 valence electrons. The van der Waals surface area contributed by atoms with Crippen molar-refractivity contribution in [3.8, 4) is 0 Å². The van der Waals surface area contributed by atoms with Gasteiger partial charge >= 0.3 is 0 Å². The number of carbonyl (C=O) groups excluding carboxylic acids is 3. The van der Waals surface area contributed by atoms with Crippen molar-refractivity contribution in [2.75, 3.05) is 19.6 Å². The molecule has 3 N–H and O–H groups in total. The molecule has 1 aromatic carbocycles. The highest BCUT2D eigenvalue weighted by Crippen LogP contribution is 2.26. The number of hydrogen-bond donors (Lipinski definition) is 3. The Bertz CT molecular complexity index is 897. The summed E-state index contributed by atoms with van der Waals surface area (Å²) in [4.78, 5) is 41.0. The lowest BCUT2D eigenvalue weighted by atomic mass is 9.96. The molecule has 2 heterocycles. The number of aromatic amines is 1. The average molecular weight is 399 g/mol. The molecule has 0 saturated carbocycles. The lowest BCUT2D eigenvalue weighted by molar-refractivity contribution is -0.120. The highest BCUT2D eigenvalue weighted by Gasteiger charge is 2.27. The summed E-state index contributed by atoms with van der Waals surface area (Å²) in [6.45, 7) is 7.01. The molecule has 0 spiro atoms. The van der Waals surface area contributed by atoms with Gasteiger partial charge in [0.1, 0.15) is 5.69 Å². The maximum absolute atomic E-state index is 13.3. The number of nitrogens with zero attached hydrogens (tertiary/aromatic N) is 1. The SMILES string of the molecule is CC(=O)NCC1CCN(C(=O)c2[nH]c3ccccc3c2C[C@H](C)NC(C)=O)CC1. The van der Waals surface area contributed by atoms with Gasteiger partial charge in [-0.1, -0.05) is 18.2 Å². The number of likely N-dealkylation sites (tertiary alicyclic amines) is 1. The van der Waals surface area contributed by atoms with Gasteiger partial charge in [0, 0.05) is 50.4 Å². The predicted molar refractivity (Wildman–Crippen MR) is 113 cm³/mol. The molecule has 1 aliphatic heterocycles. The van der Waals surface area contributed by atoms with Crippen LogP contribution < -0.4 is 10.6 Å². The van der Waals surface area contributed by atoms with Crippen molar-refractivity contribution in [1.82, 2.24) is 20.5 Å². The number of nitrogens with one attached hydrogen (secondary N) is 3. The monoisotopic (exact) mass is 398 g/mol. The van der Waals surface area contributed by atoms with E-state index in [1.54, 1.807) is 0 Å². The largest absolute Gasteiger partial charge is 0.356 e. The summed E-state index contributed by atoms with van der Waals surface area (Å²) in [5, 5.41) is 6.80. The van der Waals surface area contributed by atoms with Gasteiger partial charge in [0.15, 0.2) is 0 Å². The fourth-order valence-electron chi connectivity index (χ4n) is 4.09. The first-order valence-corrected chi connectivity index (χ1v) is 10.3. The fourth-order valence-corrected chi connectivity index (χ4v) is 4.09. The zero-order valence-corrected chi connectivity index (χ0v) is 17.4. The van der Waals surface area contributed by atoms with Gasteiger partial charge in [0.25, 0.3) is 5.91 Å². The minimum absolute atomic E-state index is 0.00389. The smallest absolute Gasteiger partial charge is 0.270 e. The lowest BCUT2D eigenvalue weighted by Crippen LogP contribution is -2.42. The number of piperidine rings is 1. The Hall–Kier alpha value is -2.83. The molecule has 1 aliphatic rings. The van der Waals surface area contributed by atoms with E-state index in [9.17, 15) is 14.4 Å². The standard InChI is InChI=1S/C22H30N4O3/c1-14(24-16(3)28)12-19-18-6-4-5-7-20(18)25-21(19)22(29)26-10-8-17(9-11-26)13-23-15(2)27/h4-7,14,17,25H,8-13H2,1-3H3,(H,23,27)(H,24,28)/t14-/m0/s1. The molecule has 7 heteroatoms. The Balaban J connectivity index is 1.76. The van der Waals surface area contributed by atoms with E-state index < -0.39 is 0 Å². The molecule has 3 rings (SSSR count). The number of rotatable bonds is 6. The second-order valence-electron chi connectivity index (χ2n) is 8.00. The molecule has 29 heavy (non-hydrogen) atoms. The van der Waals surface area contributed by atoms with Gasteiger partial charge in [-0.05, 0) is 43.7 Å².